The summed E-state index contributed by atoms with van der Waals surface area (Å²) in [4.78, 5) is 11.0. The first-order valence-corrected chi connectivity index (χ1v) is 5.01. The summed E-state index contributed by atoms with van der Waals surface area (Å²) < 4.78 is 4.77. The highest BCUT2D eigenvalue weighted by Crippen LogP contribution is 2.21. The zero-order chi connectivity index (χ0) is 12.5. The third-order valence-electron chi connectivity index (χ3n) is 1.39. The van der Waals surface area contributed by atoms with Gasteiger partial charge in [-0.2, -0.15) is 0 Å². The van der Waals surface area contributed by atoms with Crippen molar-refractivity contribution >= 4 is 17.6 Å². The van der Waals surface area contributed by atoms with Crippen molar-refractivity contribution in [2.45, 2.75) is 25.3 Å². The maximum Gasteiger partial charge on any atom is 0.334 e. The number of nitrogens with one attached hydrogen (secondary N) is 1. The molecule has 0 aliphatic carbocycles. The normalized spacial score (nSPS) is 13.2. The first-order valence-electron chi connectivity index (χ1n) is 4.64. The third kappa shape index (κ3) is 8.42. The number of carbonyl (C=O) groups excluding carboxylic acids is 1. The minimum atomic E-state index is -1.30. The fourth-order valence-electron chi connectivity index (χ4n) is 0.469. The Bertz CT molecular complexity index is 203. The lowest BCUT2D eigenvalue weighted by molar-refractivity contribution is -0.150. The van der Waals surface area contributed by atoms with Crippen LogP contribution in [0.1, 0.15) is 20.3 Å². The van der Waals surface area contributed by atoms with Gasteiger partial charge in [0.05, 0.1) is 6.61 Å². The van der Waals surface area contributed by atoms with E-state index in [1.165, 1.54) is 6.92 Å². The Kier molecular flexibility index (Phi) is 9.77. The molecule has 0 saturated heterocycles. The van der Waals surface area contributed by atoms with Gasteiger partial charge in [-0.3, -0.25) is 0 Å². The van der Waals surface area contributed by atoms with Gasteiger partial charge in [0.1, 0.15) is 0 Å². The van der Waals surface area contributed by atoms with Gasteiger partial charge in [0.25, 0.3) is 0 Å². The van der Waals surface area contributed by atoms with Gasteiger partial charge in [0.2, 0.25) is 5.06 Å². The van der Waals surface area contributed by atoms with Gasteiger partial charge in [-0.25, -0.2) is 4.79 Å². The third-order valence-corrected chi connectivity index (χ3v) is 1.85. The van der Waals surface area contributed by atoms with Crippen molar-refractivity contribution in [1.29, 1.82) is 0 Å². The number of hydrogen-bond acceptors (Lipinski definition) is 4. The first-order chi connectivity index (χ1) is 6.86. The molecule has 0 spiro atoms. The maximum absolute atomic E-state index is 11.0. The molecule has 1 unspecified atom stereocenters. The topological polar surface area (TPSA) is 58.6 Å². The lowest BCUT2D eigenvalue weighted by Gasteiger charge is -2.22. The number of esters is 1. The number of rotatable bonds is 4. The van der Waals surface area contributed by atoms with Crippen LogP contribution in [0.3, 0.4) is 0 Å². The number of carbonyl (C=O) groups is 1. The van der Waals surface area contributed by atoms with Gasteiger partial charge in [-0.15, -0.1) is 0 Å². The molecule has 0 aromatic rings. The molecule has 5 heteroatoms. The molecule has 0 radical (unpaired) electrons. The minimum absolute atomic E-state index is 0.266. The largest absolute Gasteiger partial charge is 0.437 e. The molecule has 0 aliphatic rings. The summed E-state index contributed by atoms with van der Waals surface area (Å²) in [6.45, 7) is 6.23. The van der Waals surface area contributed by atoms with Crippen molar-refractivity contribution in [2.24, 2.45) is 0 Å². The van der Waals surface area contributed by atoms with Gasteiger partial charge >= 0.3 is 5.97 Å². The molecule has 0 amide bonds. The quantitative estimate of drug-likeness (QED) is 0.439. The summed E-state index contributed by atoms with van der Waals surface area (Å²) in [6, 6.07) is 0. The SMILES string of the molecule is C=C(C)C(=O)OC(Cl)(CC)CO.CNC. The Balaban J connectivity index is 0. The van der Waals surface area contributed by atoms with E-state index < -0.39 is 17.6 Å². The summed E-state index contributed by atoms with van der Waals surface area (Å²) in [6.07, 6.45) is 0.351. The Labute approximate surface area is 96.3 Å². The molecule has 15 heavy (non-hydrogen) atoms. The fraction of sp³-hybridized carbons (Fsp3) is 0.700. The van der Waals surface area contributed by atoms with Crippen LogP contribution in [0.25, 0.3) is 0 Å². The highest BCUT2D eigenvalue weighted by molar-refractivity contribution is 6.23. The van der Waals surface area contributed by atoms with E-state index in [0.29, 0.717) is 6.42 Å². The van der Waals surface area contributed by atoms with Gasteiger partial charge in [0.15, 0.2) is 0 Å². The molecule has 90 valence electrons. The average molecular weight is 238 g/mol. The Morgan fingerprint density at radius 1 is 1.60 bits per heavy atom. The van der Waals surface area contributed by atoms with Crippen LogP contribution in [0.2, 0.25) is 0 Å². The second-order valence-corrected chi connectivity index (χ2v) is 3.75. The summed E-state index contributed by atoms with van der Waals surface area (Å²) in [7, 11) is 3.75. The van der Waals surface area contributed by atoms with Gasteiger partial charge in [-0.05, 0) is 21.0 Å². The zero-order valence-electron chi connectivity index (χ0n) is 9.76. The smallest absolute Gasteiger partial charge is 0.334 e. The molecule has 4 nitrogen and oxygen atoms in total. The monoisotopic (exact) mass is 237 g/mol. The number of aliphatic hydroxyl groups is 1. The van der Waals surface area contributed by atoms with Crippen LogP contribution >= 0.6 is 11.6 Å². The minimum Gasteiger partial charge on any atom is -0.437 e. The summed E-state index contributed by atoms with van der Waals surface area (Å²) in [5, 5.41) is 10.2. The van der Waals surface area contributed by atoms with Crippen molar-refractivity contribution < 1.29 is 14.6 Å². The second-order valence-electron chi connectivity index (χ2n) is 3.06. The van der Waals surface area contributed by atoms with E-state index in [0.717, 1.165) is 0 Å². The Morgan fingerprint density at radius 3 is 2.20 bits per heavy atom. The van der Waals surface area contributed by atoms with Crippen molar-refractivity contribution in [3.8, 4) is 0 Å². The van der Waals surface area contributed by atoms with E-state index >= 15 is 0 Å². The molecule has 0 heterocycles. The zero-order valence-corrected chi connectivity index (χ0v) is 10.5. The van der Waals surface area contributed by atoms with Crippen LogP contribution in [0.15, 0.2) is 12.2 Å². The lowest BCUT2D eigenvalue weighted by Crippen LogP contribution is -2.32. The maximum atomic E-state index is 11.0. The first kappa shape index (κ1) is 16.8. The highest BCUT2D eigenvalue weighted by Gasteiger charge is 2.28. The molecule has 0 rings (SSSR count). The molecule has 2 N–H and O–H groups in total. The van der Waals surface area contributed by atoms with Gasteiger partial charge in [0, 0.05) is 12.0 Å². The standard InChI is InChI=1S/C8H13ClO3.C2H7N/c1-4-8(9,5-10)12-7(11)6(2)3;1-3-2/h10H,2,4-5H2,1,3H3;3H,1-2H3. The Hall–Kier alpha value is -0.580. The van der Waals surface area contributed by atoms with Crippen molar-refractivity contribution in [2.75, 3.05) is 20.7 Å². The fourth-order valence-corrected chi connectivity index (χ4v) is 0.540. The molecule has 0 aliphatic heterocycles. The number of hydrogen-bond donors (Lipinski definition) is 2. The van der Waals surface area contributed by atoms with E-state index in [4.69, 9.17) is 21.4 Å². The molecule has 0 aromatic heterocycles. The van der Waals surface area contributed by atoms with Gasteiger partial charge < -0.3 is 15.2 Å². The molecular formula is C10H20ClNO3. The van der Waals surface area contributed by atoms with Crippen LogP contribution < -0.4 is 5.32 Å². The lowest BCUT2D eigenvalue weighted by atomic mass is 10.3. The van der Waals surface area contributed by atoms with E-state index in [1.54, 1.807) is 6.92 Å². The predicted octanol–water partition coefficient (Wildman–Crippen LogP) is 1.28. The number of halogens is 1. The molecular weight excluding hydrogens is 218 g/mol. The molecule has 0 saturated carbocycles. The van der Waals surface area contributed by atoms with Crippen molar-refractivity contribution in [3.05, 3.63) is 12.2 Å². The predicted molar refractivity (Wildman–Crippen MR) is 61.9 cm³/mol. The molecule has 0 fully saturated rings. The molecule has 1 atom stereocenters. The van der Waals surface area contributed by atoms with E-state index in [1.807, 2.05) is 14.1 Å². The van der Waals surface area contributed by atoms with E-state index in [-0.39, 0.29) is 5.57 Å². The molecule has 0 bridgehead atoms. The Morgan fingerprint density at radius 2 is 2.00 bits per heavy atom. The van der Waals surface area contributed by atoms with E-state index in [2.05, 4.69) is 11.9 Å². The highest BCUT2D eigenvalue weighted by atomic mass is 35.5. The summed E-state index contributed by atoms with van der Waals surface area (Å²) in [5.41, 5.74) is 0.266. The van der Waals surface area contributed by atoms with Crippen molar-refractivity contribution in [3.63, 3.8) is 0 Å². The van der Waals surface area contributed by atoms with Crippen molar-refractivity contribution in [1.82, 2.24) is 5.32 Å². The second kappa shape index (κ2) is 8.71. The number of aliphatic hydroxyl groups excluding tert-OH is 1. The van der Waals surface area contributed by atoms with Crippen LogP contribution in [0.5, 0.6) is 0 Å². The summed E-state index contributed by atoms with van der Waals surface area (Å²) >= 11 is 5.71. The van der Waals surface area contributed by atoms with Crippen LogP contribution in [0, 0.1) is 0 Å². The van der Waals surface area contributed by atoms with Crippen LogP contribution in [-0.2, 0) is 9.53 Å². The van der Waals surface area contributed by atoms with Crippen LogP contribution in [0.4, 0.5) is 0 Å². The van der Waals surface area contributed by atoms with E-state index in [9.17, 15) is 4.79 Å². The van der Waals surface area contributed by atoms with Gasteiger partial charge in [-0.1, -0.05) is 25.1 Å². The average Bonchev–Trinajstić information content (AvgIpc) is 2.18. The number of ether oxygens (including phenoxy) is 1. The molecule has 0 aromatic carbocycles. The number of alkyl halides is 1. The van der Waals surface area contributed by atoms with Crippen LogP contribution in [-0.4, -0.2) is 36.8 Å². The summed E-state index contributed by atoms with van der Waals surface area (Å²) in [5.74, 6) is -0.582.